The number of ether oxygens (including phenoxy) is 2. The van der Waals surface area contributed by atoms with Gasteiger partial charge in [-0.15, -0.1) is 0 Å². The van der Waals surface area contributed by atoms with Crippen molar-refractivity contribution >= 4 is 35.5 Å². The van der Waals surface area contributed by atoms with Crippen LogP contribution in [-0.4, -0.2) is 76.3 Å². The zero-order valence-corrected chi connectivity index (χ0v) is 17.2. The van der Waals surface area contributed by atoms with Crippen LogP contribution in [0.1, 0.15) is 46.9 Å². The van der Waals surface area contributed by atoms with Gasteiger partial charge in [0.15, 0.2) is 5.78 Å². The van der Waals surface area contributed by atoms with Crippen LogP contribution in [0.3, 0.4) is 0 Å². The lowest BCUT2D eigenvalue weighted by Gasteiger charge is -2.36. The van der Waals surface area contributed by atoms with Crippen molar-refractivity contribution in [3.05, 3.63) is 29.3 Å². The third kappa shape index (κ3) is 3.44. The van der Waals surface area contributed by atoms with Crippen molar-refractivity contribution < 1.29 is 43.3 Å². The number of carbonyl (C=O) groups is 6. The van der Waals surface area contributed by atoms with E-state index in [2.05, 4.69) is 0 Å². The van der Waals surface area contributed by atoms with Gasteiger partial charge in [0, 0.05) is 0 Å². The highest BCUT2D eigenvalue weighted by molar-refractivity contribution is 6.25. The smallest absolute Gasteiger partial charge is 0.421 e. The van der Waals surface area contributed by atoms with Crippen molar-refractivity contribution in [1.82, 2.24) is 9.80 Å². The summed E-state index contributed by atoms with van der Waals surface area (Å²) in [4.78, 5) is 74.8. The predicted molar refractivity (Wildman–Crippen MR) is 104 cm³/mol. The first-order chi connectivity index (χ1) is 15.2. The fraction of sp³-hybridized carbons (Fsp3) is 0.429. The largest absolute Gasteiger partial charge is 0.490 e. The van der Waals surface area contributed by atoms with E-state index >= 15 is 0 Å². The Morgan fingerprint density at radius 2 is 1.84 bits per heavy atom. The molecule has 1 saturated heterocycles. The highest BCUT2D eigenvalue weighted by Crippen LogP contribution is 2.54. The van der Waals surface area contributed by atoms with Crippen molar-refractivity contribution in [2.75, 3.05) is 19.8 Å². The molecule has 2 aliphatic heterocycles. The van der Waals surface area contributed by atoms with Gasteiger partial charge in [0.05, 0.1) is 23.1 Å². The van der Waals surface area contributed by atoms with Crippen molar-refractivity contribution in [2.45, 2.75) is 32.2 Å². The number of piperidine rings is 1. The molecule has 2 fully saturated rings. The lowest BCUT2D eigenvalue weighted by molar-refractivity contribution is -0.153. The fourth-order valence-corrected chi connectivity index (χ4v) is 4.08. The number of benzene rings is 1. The van der Waals surface area contributed by atoms with Gasteiger partial charge in [-0.05, 0) is 38.3 Å². The molecule has 32 heavy (non-hydrogen) atoms. The van der Waals surface area contributed by atoms with Crippen LogP contribution in [0, 0.1) is 5.41 Å². The van der Waals surface area contributed by atoms with Crippen LogP contribution in [0.5, 0.6) is 5.75 Å². The third-order valence-electron chi connectivity index (χ3n) is 5.80. The second-order valence-corrected chi connectivity index (χ2v) is 8.02. The van der Waals surface area contributed by atoms with Crippen molar-refractivity contribution in [1.29, 1.82) is 0 Å². The fourth-order valence-electron chi connectivity index (χ4n) is 4.08. The normalized spacial score (nSPS) is 21.2. The summed E-state index contributed by atoms with van der Waals surface area (Å²) in [6, 6.07) is 3.01. The second kappa shape index (κ2) is 7.83. The Hall–Kier alpha value is -3.60. The number of nitrogens with zero attached hydrogens (tertiary/aromatic N) is 2. The summed E-state index contributed by atoms with van der Waals surface area (Å²) in [5.41, 5.74) is -1.06. The van der Waals surface area contributed by atoms with E-state index in [4.69, 9.17) is 9.47 Å². The Balaban J connectivity index is 1.58. The Labute approximate surface area is 181 Å². The Bertz CT molecular complexity index is 1060. The Morgan fingerprint density at radius 1 is 1.12 bits per heavy atom. The maximum Gasteiger partial charge on any atom is 0.421 e. The molecule has 1 atom stereocenters. The van der Waals surface area contributed by atoms with E-state index in [1.165, 1.54) is 25.1 Å². The standard InChI is InChI=1S/C21H20N2O9/c1-11(24)10-31-7-8-32-14-4-2-3-12-15(14)18(27)22(16(12)25)13-9-21(5-6-21)19(28)23(17(13)26)20(29)30/h2-4,13H,5-10H2,1H3,(H,29,30). The van der Waals surface area contributed by atoms with Gasteiger partial charge in [0.2, 0.25) is 5.91 Å². The molecule has 168 valence electrons. The van der Waals surface area contributed by atoms with Crippen LogP contribution in [-0.2, 0) is 19.1 Å². The number of hydrogen-bond acceptors (Lipinski definition) is 8. The van der Waals surface area contributed by atoms with Crippen molar-refractivity contribution in [2.24, 2.45) is 5.41 Å². The van der Waals surface area contributed by atoms with E-state index in [1.807, 2.05) is 0 Å². The van der Waals surface area contributed by atoms with Gasteiger partial charge in [0.25, 0.3) is 17.7 Å². The Kier molecular flexibility index (Phi) is 5.29. The molecule has 11 heteroatoms. The van der Waals surface area contributed by atoms with Gasteiger partial charge >= 0.3 is 6.09 Å². The predicted octanol–water partition coefficient (Wildman–Crippen LogP) is 0.853. The number of fused-ring (bicyclic) bond motifs is 1. The quantitative estimate of drug-likeness (QED) is 0.477. The maximum atomic E-state index is 13.2. The molecule has 5 amide bonds. The van der Waals surface area contributed by atoms with Gasteiger partial charge in [-0.25, -0.2) is 4.79 Å². The zero-order chi connectivity index (χ0) is 23.2. The minimum atomic E-state index is -1.73. The average molecular weight is 444 g/mol. The lowest BCUT2D eigenvalue weighted by Crippen LogP contribution is -2.60. The molecule has 1 saturated carbocycles. The first-order valence-corrected chi connectivity index (χ1v) is 10.00. The van der Waals surface area contributed by atoms with Crippen LogP contribution in [0.25, 0.3) is 0 Å². The Morgan fingerprint density at radius 3 is 2.47 bits per heavy atom. The molecule has 0 aromatic heterocycles. The molecule has 1 N–H and O–H groups in total. The summed E-state index contributed by atoms with van der Waals surface area (Å²) in [7, 11) is 0. The van der Waals surface area contributed by atoms with E-state index in [1.54, 1.807) is 0 Å². The van der Waals surface area contributed by atoms with Gasteiger partial charge in [-0.3, -0.25) is 28.9 Å². The number of Topliss-reactive ketones (excluding diaryl/α,β-unsaturated/α-hetero) is 1. The molecule has 1 spiro atoms. The molecule has 0 bridgehead atoms. The highest BCUT2D eigenvalue weighted by Gasteiger charge is 2.63. The third-order valence-corrected chi connectivity index (χ3v) is 5.80. The van der Waals surface area contributed by atoms with Crippen LogP contribution in [0.15, 0.2) is 18.2 Å². The number of ketones is 1. The van der Waals surface area contributed by atoms with Crippen LogP contribution in [0.2, 0.25) is 0 Å². The number of likely N-dealkylation sites (tertiary alicyclic amines) is 1. The molecule has 0 radical (unpaired) electrons. The minimum absolute atomic E-state index is 0.0119. The summed E-state index contributed by atoms with van der Waals surface area (Å²) in [6.07, 6.45) is -1.06. The molecule has 1 aromatic carbocycles. The molecular formula is C21H20N2O9. The summed E-state index contributed by atoms with van der Waals surface area (Å²) in [5.74, 6) is -3.52. The molecular weight excluding hydrogens is 424 g/mol. The van der Waals surface area contributed by atoms with E-state index in [-0.39, 0.29) is 53.8 Å². The maximum absolute atomic E-state index is 13.2. The molecule has 4 rings (SSSR count). The van der Waals surface area contributed by atoms with E-state index in [0.29, 0.717) is 12.8 Å². The highest BCUT2D eigenvalue weighted by atomic mass is 16.5. The first-order valence-electron chi connectivity index (χ1n) is 10.00. The second-order valence-electron chi connectivity index (χ2n) is 8.02. The summed E-state index contributed by atoms with van der Waals surface area (Å²) in [5, 5.41) is 9.37. The topological polar surface area (TPSA) is 148 Å². The zero-order valence-electron chi connectivity index (χ0n) is 17.2. The average Bonchev–Trinajstić information content (AvgIpc) is 3.46. The number of carbonyl (C=O) groups excluding carboxylic acids is 5. The van der Waals surface area contributed by atoms with Crippen molar-refractivity contribution in [3.63, 3.8) is 0 Å². The van der Waals surface area contributed by atoms with Crippen LogP contribution in [0.4, 0.5) is 4.79 Å². The molecule has 3 aliphatic rings. The summed E-state index contributed by atoms with van der Waals surface area (Å²) >= 11 is 0. The number of carboxylic acid groups (broad SMARTS) is 1. The number of rotatable bonds is 7. The monoisotopic (exact) mass is 444 g/mol. The lowest BCUT2D eigenvalue weighted by atomic mass is 9.89. The molecule has 1 aliphatic carbocycles. The van der Waals surface area contributed by atoms with E-state index in [9.17, 15) is 33.9 Å². The van der Waals surface area contributed by atoms with Gasteiger partial charge in [0.1, 0.15) is 25.0 Å². The number of imide groups is 4. The molecule has 11 nitrogen and oxygen atoms in total. The first kappa shape index (κ1) is 21.6. The summed E-state index contributed by atoms with van der Waals surface area (Å²) in [6.45, 7) is 1.39. The van der Waals surface area contributed by atoms with Crippen molar-refractivity contribution in [3.8, 4) is 5.75 Å². The van der Waals surface area contributed by atoms with Gasteiger partial charge in [-0.2, -0.15) is 4.90 Å². The molecule has 1 unspecified atom stereocenters. The minimum Gasteiger partial charge on any atom is -0.490 e. The molecule has 2 heterocycles. The summed E-state index contributed by atoms with van der Waals surface area (Å²) < 4.78 is 10.7. The van der Waals surface area contributed by atoms with Gasteiger partial charge < -0.3 is 14.6 Å². The van der Waals surface area contributed by atoms with Crippen LogP contribution >= 0.6 is 0 Å². The van der Waals surface area contributed by atoms with Gasteiger partial charge in [-0.1, -0.05) is 6.07 Å². The van der Waals surface area contributed by atoms with Crippen LogP contribution < -0.4 is 4.74 Å². The number of hydrogen-bond donors (Lipinski definition) is 1. The molecule has 1 aromatic rings. The number of amides is 5. The SMILES string of the molecule is CC(=O)COCCOc1cccc2c1C(=O)N(C1CC3(CC3)C(=O)N(C(=O)O)C1=O)C2=O. The van der Waals surface area contributed by atoms with E-state index in [0.717, 1.165) is 4.90 Å². The van der Waals surface area contributed by atoms with E-state index < -0.39 is 41.2 Å².